The second kappa shape index (κ2) is 5.20. The normalized spacial score (nSPS) is 36.1. The van der Waals surface area contributed by atoms with E-state index >= 15 is 0 Å². The Morgan fingerprint density at radius 2 is 1.48 bits per heavy atom. The molecule has 4 heteroatoms. The van der Waals surface area contributed by atoms with E-state index in [2.05, 4.69) is 5.32 Å². The molecule has 3 nitrogen and oxygen atoms in total. The average molecular weight is 306 g/mol. The molecule has 0 atom stereocenters. The molecule has 5 rings (SSSR count). The third kappa shape index (κ3) is 2.52. The summed E-state index contributed by atoms with van der Waals surface area (Å²) in [5, 5.41) is 3.13. The van der Waals surface area contributed by atoms with Crippen molar-refractivity contribution in [1.82, 2.24) is 0 Å². The number of nitrogens with two attached hydrogens (primary N) is 1. The molecule has 0 saturated heterocycles. The lowest BCUT2D eigenvalue weighted by molar-refractivity contribution is -0.140. The Bertz CT molecular complexity index is 505. The third-order valence-electron chi connectivity index (χ3n) is 5.69. The first-order valence-corrected chi connectivity index (χ1v) is 7.80. The van der Waals surface area contributed by atoms with Gasteiger partial charge in [-0.3, -0.25) is 4.79 Å². The topological polar surface area (TPSA) is 55.1 Å². The van der Waals surface area contributed by atoms with Crippen molar-refractivity contribution in [3.63, 3.8) is 0 Å². The molecule has 1 amide bonds. The minimum Gasteiger partial charge on any atom is -1.00 e. The van der Waals surface area contributed by atoms with Crippen LogP contribution in [0, 0.1) is 23.2 Å². The van der Waals surface area contributed by atoms with Crippen molar-refractivity contribution in [3.8, 4) is 0 Å². The van der Waals surface area contributed by atoms with E-state index in [0.29, 0.717) is 0 Å². The lowest BCUT2D eigenvalue weighted by Crippen LogP contribution is -3.00. The summed E-state index contributed by atoms with van der Waals surface area (Å²) in [7, 11) is 0. The fourth-order valence-electron chi connectivity index (χ4n) is 5.22. The minimum atomic E-state index is -0.0733. The zero-order valence-corrected chi connectivity index (χ0v) is 12.9. The van der Waals surface area contributed by atoms with Crippen molar-refractivity contribution in [3.05, 3.63) is 24.3 Å². The zero-order chi connectivity index (χ0) is 13.7. The molecule has 4 saturated carbocycles. The van der Waals surface area contributed by atoms with Crippen LogP contribution < -0.4 is 23.5 Å². The maximum absolute atomic E-state index is 12.8. The third-order valence-corrected chi connectivity index (χ3v) is 5.69. The van der Waals surface area contributed by atoms with Crippen molar-refractivity contribution in [1.29, 1.82) is 0 Å². The number of halogens is 1. The molecule has 0 aliphatic heterocycles. The molecule has 0 heterocycles. The van der Waals surface area contributed by atoms with Gasteiger partial charge in [0.25, 0.3) is 0 Å². The van der Waals surface area contributed by atoms with E-state index in [1.54, 1.807) is 0 Å². The van der Waals surface area contributed by atoms with E-state index in [0.717, 1.165) is 48.4 Å². The summed E-state index contributed by atoms with van der Waals surface area (Å²) in [5.74, 6) is 2.66. The minimum absolute atomic E-state index is 0. The number of carbonyl (C=O) groups is 1. The molecular formula is C17H22ClN2O-. The molecule has 1 aromatic carbocycles. The summed E-state index contributed by atoms with van der Waals surface area (Å²) in [5.41, 5.74) is 7.23. The van der Waals surface area contributed by atoms with E-state index in [9.17, 15) is 4.79 Å². The highest BCUT2D eigenvalue weighted by molar-refractivity contribution is 5.95. The highest BCUT2D eigenvalue weighted by atomic mass is 35.5. The number of benzene rings is 1. The highest BCUT2D eigenvalue weighted by Gasteiger charge is 2.54. The fraction of sp³-hybridized carbons (Fsp3) is 0.588. The summed E-state index contributed by atoms with van der Waals surface area (Å²) in [6.45, 7) is 0. The Morgan fingerprint density at radius 1 is 1.00 bits per heavy atom. The van der Waals surface area contributed by atoms with E-state index in [-0.39, 0.29) is 23.7 Å². The highest BCUT2D eigenvalue weighted by Crippen LogP contribution is 2.60. The van der Waals surface area contributed by atoms with Gasteiger partial charge < -0.3 is 23.5 Å². The van der Waals surface area contributed by atoms with Crippen LogP contribution in [0.3, 0.4) is 0 Å². The van der Waals surface area contributed by atoms with E-state index < -0.39 is 0 Å². The molecule has 3 N–H and O–H groups in total. The number of hydrogen-bond acceptors (Lipinski definition) is 2. The van der Waals surface area contributed by atoms with Gasteiger partial charge >= 0.3 is 0 Å². The molecule has 4 aliphatic carbocycles. The van der Waals surface area contributed by atoms with Crippen LogP contribution in [0.2, 0.25) is 0 Å². The van der Waals surface area contributed by atoms with Crippen molar-refractivity contribution >= 4 is 17.3 Å². The molecule has 4 aliphatic rings. The van der Waals surface area contributed by atoms with Crippen LogP contribution in [0.15, 0.2) is 24.3 Å². The first-order chi connectivity index (χ1) is 9.63. The molecule has 0 spiro atoms. The Kier molecular flexibility index (Phi) is 3.64. The Labute approximate surface area is 132 Å². The smallest absolute Gasteiger partial charge is 0.230 e. The van der Waals surface area contributed by atoms with Gasteiger partial charge in [0.15, 0.2) is 0 Å². The number of nitrogens with one attached hydrogen (secondary N) is 1. The number of rotatable bonds is 2. The van der Waals surface area contributed by atoms with Gasteiger partial charge in [0.2, 0.25) is 5.91 Å². The van der Waals surface area contributed by atoms with E-state index in [1.165, 1.54) is 19.3 Å². The molecule has 0 unspecified atom stereocenters. The molecule has 1 aromatic rings. The Morgan fingerprint density at radius 3 is 1.95 bits per heavy atom. The van der Waals surface area contributed by atoms with Gasteiger partial charge in [-0.2, -0.15) is 0 Å². The van der Waals surface area contributed by atoms with Crippen LogP contribution in [0.4, 0.5) is 11.4 Å². The second-order valence-electron chi connectivity index (χ2n) is 7.27. The summed E-state index contributed by atoms with van der Waals surface area (Å²) >= 11 is 0. The van der Waals surface area contributed by atoms with E-state index in [4.69, 9.17) is 5.73 Å². The van der Waals surface area contributed by atoms with Crippen LogP contribution in [-0.2, 0) is 4.79 Å². The molecule has 4 fully saturated rings. The molecule has 0 radical (unpaired) electrons. The van der Waals surface area contributed by atoms with Gasteiger partial charge in [-0.05, 0) is 80.5 Å². The predicted octanol–water partition coefficient (Wildman–Crippen LogP) is 0.428. The molecular weight excluding hydrogens is 284 g/mol. The number of carbonyl (C=O) groups excluding carboxylic acids is 1. The predicted molar refractivity (Wildman–Crippen MR) is 80.1 cm³/mol. The lowest BCUT2D eigenvalue weighted by atomic mass is 9.49. The van der Waals surface area contributed by atoms with Crippen LogP contribution in [0.1, 0.15) is 38.5 Å². The first kappa shape index (κ1) is 14.7. The largest absolute Gasteiger partial charge is 1.00 e. The van der Waals surface area contributed by atoms with Gasteiger partial charge in [-0.15, -0.1) is 0 Å². The molecule has 21 heavy (non-hydrogen) atoms. The van der Waals surface area contributed by atoms with Gasteiger partial charge in [0.05, 0.1) is 5.41 Å². The molecule has 0 aromatic heterocycles. The van der Waals surface area contributed by atoms with Crippen molar-refractivity contribution in [2.24, 2.45) is 23.2 Å². The second-order valence-corrected chi connectivity index (χ2v) is 7.27. The summed E-state index contributed by atoms with van der Waals surface area (Å²) < 4.78 is 0. The van der Waals surface area contributed by atoms with Gasteiger partial charge in [-0.1, -0.05) is 0 Å². The quantitative estimate of drug-likeness (QED) is 0.779. The zero-order valence-electron chi connectivity index (χ0n) is 12.1. The maximum atomic E-state index is 12.8. The molecule has 114 valence electrons. The van der Waals surface area contributed by atoms with Crippen LogP contribution >= 0.6 is 0 Å². The van der Waals surface area contributed by atoms with Crippen LogP contribution in [-0.4, -0.2) is 5.91 Å². The monoisotopic (exact) mass is 305 g/mol. The number of amides is 1. The lowest BCUT2D eigenvalue weighted by Gasteiger charge is -2.55. The number of nitrogen functional groups attached to an aromatic ring is 1. The SMILES string of the molecule is Nc1ccc(NC(=O)C23CC4CC(CC(C4)C2)C3)cc1.[Cl-]. The Hall–Kier alpha value is -1.22. The van der Waals surface area contributed by atoms with Crippen molar-refractivity contribution in [2.45, 2.75) is 38.5 Å². The average Bonchev–Trinajstić information content (AvgIpc) is 2.40. The Balaban J connectivity index is 0.00000132. The standard InChI is InChI=1S/C17H22N2O.ClH/c18-14-1-3-15(4-2-14)19-16(20)17-8-11-5-12(9-17)7-13(6-11)10-17;/h1-4,11-13H,5-10,18H2,(H,19,20);1H/p-1. The summed E-state index contributed by atoms with van der Waals surface area (Å²) in [6, 6.07) is 7.48. The maximum Gasteiger partial charge on any atom is 0.230 e. The summed E-state index contributed by atoms with van der Waals surface area (Å²) in [6.07, 6.45) is 7.44. The number of anilines is 2. The van der Waals surface area contributed by atoms with E-state index in [1.807, 2.05) is 24.3 Å². The van der Waals surface area contributed by atoms with Gasteiger partial charge in [0, 0.05) is 11.4 Å². The first-order valence-electron chi connectivity index (χ1n) is 7.80. The van der Waals surface area contributed by atoms with Crippen molar-refractivity contribution in [2.75, 3.05) is 11.1 Å². The van der Waals surface area contributed by atoms with Crippen molar-refractivity contribution < 1.29 is 17.2 Å². The fourth-order valence-corrected chi connectivity index (χ4v) is 5.22. The summed E-state index contributed by atoms with van der Waals surface area (Å²) in [4.78, 5) is 12.8. The molecule has 4 bridgehead atoms. The van der Waals surface area contributed by atoms with Crippen LogP contribution in [0.5, 0.6) is 0 Å². The van der Waals surface area contributed by atoms with Crippen LogP contribution in [0.25, 0.3) is 0 Å². The van der Waals surface area contributed by atoms with Gasteiger partial charge in [-0.25, -0.2) is 0 Å². The number of hydrogen-bond donors (Lipinski definition) is 2. The van der Waals surface area contributed by atoms with Gasteiger partial charge in [0.1, 0.15) is 0 Å².